The predicted octanol–water partition coefficient (Wildman–Crippen LogP) is 6.83. The van der Waals surface area contributed by atoms with Gasteiger partial charge in [0.15, 0.2) is 0 Å². The summed E-state index contributed by atoms with van der Waals surface area (Å²) in [7, 11) is 0. The molecule has 3 aromatic carbocycles. The van der Waals surface area contributed by atoms with E-state index < -0.39 is 6.04 Å². The van der Waals surface area contributed by atoms with Crippen molar-refractivity contribution in [1.82, 2.24) is 10.2 Å². The third-order valence-electron chi connectivity index (χ3n) is 7.69. The van der Waals surface area contributed by atoms with Gasteiger partial charge in [0, 0.05) is 25.4 Å². The van der Waals surface area contributed by atoms with Crippen molar-refractivity contribution >= 4 is 11.8 Å². The molecule has 1 atom stereocenters. The summed E-state index contributed by atoms with van der Waals surface area (Å²) in [6.07, 6.45) is 7.09. The lowest BCUT2D eigenvalue weighted by molar-refractivity contribution is -0.141. The number of carbonyl (C=O) groups excluding carboxylic acids is 2. The van der Waals surface area contributed by atoms with E-state index in [2.05, 4.69) is 43.4 Å². The molecule has 4 rings (SSSR count). The van der Waals surface area contributed by atoms with E-state index in [-0.39, 0.29) is 17.9 Å². The zero-order valence-corrected chi connectivity index (χ0v) is 22.9. The molecule has 0 unspecified atom stereocenters. The first kappa shape index (κ1) is 27.6. The highest BCUT2D eigenvalue weighted by atomic mass is 16.2. The van der Waals surface area contributed by atoms with Crippen LogP contribution in [0.1, 0.15) is 80.5 Å². The summed E-state index contributed by atoms with van der Waals surface area (Å²) in [6, 6.07) is 28.3. The molecule has 0 heterocycles. The minimum atomic E-state index is -0.560. The van der Waals surface area contributed by atoms with Crippen LogP contribution in [0.25, 0.3) is 0 Å². The summed E-state index contributed by atoms with van der Waals surface area (Å²) in [5.74, 6) is 0.460. The minimum Gasteiger partial charge on any atom is -0.352 e. The van der Waals surface area contributed by atoms with Crippen LogP contribution in [0.15, 0.2) is 84.9 Å². The Balaban J connectivity index is 1.57. The van der Waals surface area contributed by atoms with E-state index in [0.717, 1.165) is 42.4 Å². The number of hydrogen-bond donors (Lipinski definition) is 1. The summed E-state index contributed by atoms with van der Waals surface area (Å²) >= 11 is 0. The molecular weight excluding hydrogens is 468 g/mol. The van der Waals surface area contributed by atoms with Gasteiger partial charge in [0.05, 0.1) is 0 Å². The highest BCUT2D eigenvalue weighted by Gasteiger charge is 2.31. The Morgan fingerprint density at radius 2 is 1.39 bits per heavy atom. The fraction of sp³-hybridized carbons (Fsp3) is 0.412. The van der Waals surface area contributed by atoms with Crippen LogP contribution in [0.2, 0.25) is 0 Å². The first-order chi connectivity index (χ1) is 18.5. The monoisotopic (exact) mass is 510 g/mol. The fourth-order valence-electron chi connectivity index (χ4n) is 5.34. The number of nitrogens with zero attached hydrogens (tertiary/aromatic N) is 1. The van der Waals surface area contributed by atoms with Crippen LogP contribution < -0.4 is 5.32 Å². The van der Waals surface area contributed by atoms with Gasteiger partial charge >= 0.3 is 0 Å². The highest BCUT2D eigenvalue weighted by Crippen LogP contribution is 2.21. The molecular formula is C34H42N2O2. The van der Waals surface area contributed by atoms with Crippen molar-refractivity contribution in [2.45, 2.75) is 89.8 Å². The average Bonchev–Trinajstić information content (AvgIpc) is 2.95. The number of carbonyl (C=O) groups is 2. The largest absolute Gasteiger partial charge is 0.352 e. The Labute approximate surface area is 228 Å². The van der Waals surface area contributed by atoms with Crippen LogP contribution >= 0.6 is 0 Å². The van der Waals surface area contributed by atoms with E-state index in [1.165, 1.54) is 12.0 Å². The van der Waals surface area contributed by atoms with E-state index in [1.807, 2.05) is 65.6 Å². The summed E-state index contributed by atoms with van der Waals surface area (Å²) in [6.45, 7) is 4.79. The standard InChI is InChI=1S/C34H42N2O2/c1-26(2)30-21-18-27(19-22-30)20-23-33(37)36(25-29-14-8-4-9-15-29)32(24-28-12-6-3-7-13-28)34(38)35-31-16-10-5-11-17-31/h3-4,6-9,12-15,18-19,21-22,26,31-32H,5,10-11,16-17,20,23-25H2,1-2H3,(H,35,38)/t32-/m0/s1. The van der Waals surface area contributed by atoms with Crippen LogP contribution in [0.3, 0.4) is 0 Å². The molecule has 1 aliphatic rings. The van der Waals surface area contributed by atoms with Gasteiger partial charge < -0.3 is 10.2 Å². The normalized spacial score (nSPS) is 14.7. The molecule has 4 heteroatoms. The van der Waals surface area contributed by atoms with Crippen LogP contribution in [-0.2, 0) is 29.0 Å². The molecule has 1 aliphatic carbocycles. The van der Waals surface area contributed by atoms with Gasteiger partial charge in [-0.25, -0.2) is 0 Å². The second kappa shape index (κ2) is 13.9. The smallest absolute Gasteiger partial charge is 0.243 e. The van der Waals surface area contributed by atoms with E-state index in [4.69, 9.17) is 0 Å². The first-order valence-electron chi connectivity index (χ1n) is 14.3. The Kier molecular flexibility index (Phi) is 10.1. The van der Waals surface area contributed by atoms with E-state index >= 15 is 0 Å². The number of aryl methyl sites for hydroxylation is 1. The van der Waals surface area contributed by atoms with Crippen LogP contribution in [0.4, 0.5) is 0 Å². The number of nitrogens with one attached hydrogen (secondary N) is 1. The summed E-state index contributed by atoms with van der Waals surface area (Å²) in [4.78, 5) is 29.5. The molecule has 0 spiro atoms. The predicted molar refractivity (Wildman–Crippen MR) is 155 cm³/mol. The van der Waals surface area contributed by atoms with Gasteiger partial charge in [0.1, 0.15) is 6.04 Å². The lowest BCUT2D eigenvalue weighted by Crippen LogP contribution is -2.52. The zero-order chi connectivity index (χ0) is 26.7. The molecule has 0 aliphatic heterocycles. The molecule has 0 bridgehead atoms. The van der Waals surface area contributed by atoms with E-state index in [1.54, 1.807) is 0 Å². The van der Waals surface area contributed by atoms with Crippen molar-refractivity contribution in [2.24, 2.45) is 0 Å². The molecule has 1 fully saturated rings. The van der Waals surface area contributed by atoms with Gasteiger partial charge in [-0.1, -0.05) is 118 Å². The number of hydrogen-bond acceptors (Lipinski definition) is 2. The van der Waals surface area contributed by atoms with Crippen LogP contribution in [-0.4, -0.2) is 28.8 Å². The Hall–Kier alpha value is -3.40. The number of amides is 2. The van der Waals surface area contributed by atoms with Gasteiger partial charge in [-0.05, 0) is 47.4 Å². The maximum atomic E-state index is 13.9. The van der Waals surface area contributed by atoms with E-state index in [9.17, 15) is 9.59 Å². The molecule has 38 heavy (non-hydrogen) atoms. The summed E-state index contributed by atoms with van der Waals surface area (Å²) < 4.78 is 0. The molecule has 200 valence electrons. The van der Waals surface area contributed by atoms with Crippen LogP contribution in [0, 0.1) is 0 Å². The molecule has 0 aromatic heterocycles. The Bertz CT molecular complexity index is 1140. The molecule has 1 N–H and O–H groups in total. The number of rotatable bonds is 11. The zero-order valence-electron chi connectivity index (χ0n) is 22.9. The molecule has 2 amide bonds. The van der Waals surface area contributed by atoms with Crippen LogP contribution in [0.5, 0.6) is 0 Å². The van der Waals surface area contributed by atoms with Crippen molar-refractivity contribution < 1.29 is 9.59 Å². The highest BCUT2D eigenvalue weighted by molar-refractivity contribution is 5.88. The first-order valence-corrected chi connectivity index (χ1v) is 14.3. The fourth-order valence-corrected chi connectivity index (χ4v) is 5.34. The third kappa shape index (κ3) is 8.05. The second-order valence-corrected chi connectivity index (χ2v) is 11.0. The minimum absolute atomic E-state index is 0.0153. The van der Waals surface area contributed by atoms with Crippen molar-refractivity contribution in [3.63, 3.8) is 0 Å². The summed E-state index contributed by atoms with van der Waals surface area (Å²) in [5, 5.41) is 3.32. The molecule has 0 radical (unpaired) electrons. The van der Waals surface area contributed by atoms with Gasteiger partial charge in [-0.15, -0.1) is 0 Å². The second-order valence-electron chi connectivity index (χ2n) is 11.0. The lowest BCUT2D eigenvalue weighted by atomic mass is 9.94. The Morgan fingerprint density at radius 3 is 2.00 bits per heavy atom. The SMILES string of the molecule is CC(C)c1ccc(CCC(=O)N(Cc2ccccc2)[C@@H](Cc2ccccc2)C(=O)NC2CCCCC2)cc1. The summed E-state index contributed by atoms with van der Waals surface area (Å²) in [5.41, 5.74) is 4.54. The van der Waals surface area contributed by atoms with Crippen molar-refractivity contribution in [3.8, 4) is 0 Å². The lowest BCUT2D eigenvalue weighted by Gasteiger charge is -2.33. The van der Waals surface area contributed by atoms with Gasteiger partial charge in [-0.3, -0.25) is 9.59 Å². The molecule has 1 saturated carbocycles. The maximum Gasteiger partial charge on any atom is 0.243 e. The Morgan fingerprint density at radius 1 is 0.789 bits per heavy atom. The van der Waals surface area contributed by atoms with Gasteiger partial charge in [-0.2, -0.15) is 0 Å². The molecule has 3 aromatic rings. The third-order valence-corrected chi connectivity index (χ3v) is 7.69. The molecule has 0 saturated heterocycles. The molecule has 4 nitrogen and oxygen atoms in total. The maximum absolute atomic E-state index is 13.9. The quantitative estimate of drug-likeness (QED) is 0.307. The topological polar surface area (TPSA) is 49.4 Å². The van der Waals surface area contributed by atoms with Crippen molar-refractivity contribution in [2.75, 3.05) is 0 Å². The van der Waals surface area contributed by atoms with Gasteiger partial charge in [0.25, 0.3) is 0 Å². The van der Waals surface area contributed by atoms with Gasteiger partial charge in [0.2, 0.25) is 11.8 Å². The number of benzene rings is 3. The van der Waals surface area contributed by atoms with E-state index in [0.29, 0.717) is 31.7 Å². The van der Waals surface area contributed by atoms with Crippen molar-refractivity contribution in [1.29, 1.82) is 0 Å². The van der Waals surface area contributed by atoms with Crippen molar-refractivity contribution in [3.05, 3.63) is 107 Å². The average molecular weight is 511 g/mol.